The van der Waals surface area contributed by atoms with Crippen molar-refractivity contribution in [1.82, 2.24) is 4.90 Å². The van der Waals surface area contributed by atoms with Gasteiger partial charge in [0.1, 0.15) is 0 Å². The molecule has 2 aliphatic heterocycles. The summed E-state index contributed by atoms with van der Waals surface area (Å²) in [7, 11) is 0. The number of hydrogen-bond donors (Lipinski definition) is 1. The molecule has 1 aromatic rings. The van der Waals surface area contributed by atoms with Crippen LogP contribution in [-0.4, -0.2) is 48.8 Å². The van der Waals surface area contributed by atoms with Crippen LogP contribution >= 0.6 is 24.2 Å². The molecule has 3 rings (SSSR count). The number of fused-ring (bicyclic) bond motifs is 1. The first-order valence-electron chi connectivity index (χ1n) is 8.15. The van der Waals surface area contributed by atoms with Crippen molar-refractivity contribution < 1.29 is 4.79 Å². The van der Waals surface area contributed by atoms with E-state index in [0.29, 0.717) is 12.5 Å². The Morgan fingerprint density at radius 1 is 1.30 bits per heavy atom. The molecule has 1 aromatic carbocycles. The Balaban J connectivity index is 0.00000192. The van der Waals surface area contributed by atoms with Crippen LogP contribution in [0.25, 0.3) is 0 Å². The summed E-state index contributed by atoms with van der Waals surface area (Å²) in [6.07, 6.45) is 2.22. The first-order valence-corrected chi connectivity index (χ1v) is 9.14. The summed E-state index contributed by atoms with van der Waals surface area (Å²) in [5, 5.41) is 0. The fourth-order valence-electron chi connectivity index (χ4n) is 3.34. The molecule has 0 spiro atoms. The number of nitrogens with two attached hydrogens (primary N) is 1. The zero-order chi connectivity index (χ0) is 15.5. The van der Waals surface area contributed by atoms with E-state index in [1.807, 2.05) is 28.8 Å². The quantitative estimate of drug-likeness (QED) is 0.905. The number of piperidine rings is 1. The minimum absolute atomic E-state index is 0. The number of amides is 1. The molecule has 0 bridgehead atoms. The maximum atomic E-state index is 12.7. The fourth-order valence-corrected chi connectivity index (χ4v) is 4.34. The van der Waals surface area contributed by atoms with Crippen molar-refractivity contribution in [3.8, 4) is 0 Å². The van der Waals surface area contributed by atoms with Gasteiger partial charge in [-0.2, -0.15) is 0 Å². The van der Waals surface area contributed by atoms with E-state index in [9.17, 15) is 4.79 Å². The highest BCUT2D eigenvalue weighted by atomic mass is 35.5. The molecule has 2 heterocycles. The molecule has 128 valence electrons. The van der Waals surface area contributed by atoms with Gasteiger partial charge in [0.2, 0.25) is 5.91 Å². The molecule has 1 fully saturated rings. The van der Waals surface area contributed by atoms with Crippen LogP contribution < -0.4 is 10.6 Å². The molecule has 0 aromatic heterocycles. The van der Waals surface area contributed by atoms with Gasteiger partial charge in [-0.3, -0.25) is 9.69 Å². The maximum absolute atomic E-state index is 12.7. The van der Waals surface area contributed by atoms with Gasteiger partial charge in [-0.15, -0.1) is 24.2 Å². The summed E-state index contributed by atoms with van der Waals surface area (Å²) >= 11 is 1.84. The largest absolute Gasteiger partial charge is 0.328 e. The zero-order valence-electron chi connectivity index (χ0n) is 13.6. The van der Waals surface area contributed by atoms with Gasteiger partial charge in [-0.05, 0) is 50.9 Å². The maximum Gasteiger partial charge on any atom is 0.241 e. The third-order valence-electron chi connectivity index (χ3n) is 4.76. The van der Waals surface area contributed by atoms with E-state index in [1.54, 1.807) is 0 Å². The van der Waals surface area contributed by atoms with Crippen LogP contribution in [0.1, 0.15) is 19.8 Å². The number of benzene rings is 1. The minimum atomic E-state index is 0. The Bertz CT molecular complexity index is 532. The highest BCUT2D eigenvalue weighted by molar-refractivity contribution is 7.99. The van der Waals surface area contributed by atoms with Crippen molar-refractivity contribution >= 4 is 35.8 Å². The molecule has 6 heteroatoms. The molecule has 2 N–H and O–H groups in total. The highest BCUT2D eigenvalue weighted by Crippen LogP contribution is 2.34. The Hall–Kier alpha value is -0.750. The molecule has 2 aliphatic rings. The van der Waals surface area contributed by atoms with E-state index in [1.165, 1.54) is 4.90 Å². The summed E-state index contributed by atoms with van der Waals surface area (Å²) in [5.74, 6) is 1.82. The van der Waals surface area contributed by atoms with E-state index >= 15 is 0 Å². The first kappa shape index (κ1) is 18.6. The SMILES string of the molecule is CC(N)C1CCN(CC(=O)N2CCSc3ccccc32)CC1.Cl. The molecule has 4 nitrogen and oxygen atoms in total. The second-order valence-electron chi connectivity index (χ2n) is 6.33. The number of anilines is 1. The lowest BCUT2D eigenvalue weighted by molar-refractivity contribution is -0.120. The monoisotopic (exact) mass is 355 g/mol. The van der Waals surface area contributed by atoms with Gasteiger partial charge in [-0.1, -0.05) is 12.1 Å². The van der Waals surface area contributed by atoms with Crippen molar-refractivity contribution in [2.24, 2.45) is 11.7 Å². The third-order valence-corrected chi connectivity index (χ3v) is 5.81. The number of nitrogens with zero attached hydrogens (tertiary/aromatic N) is 2. The van der Waals surface area contributed by atoms with Gasteiger partial charge in [0, 0.05) is 23.2 Å². The molecular weight excluding hydrogens is 330 g/mol. The van der Waals surface area contributed by atoms with Crippen molar-refractivity contribution in [3.63, 3.8) is 0 Å². The second kappa shape index (κ2) is 8.38. The van der Waals surface area contributed by atoms with Gasteiger partial charge in [-0.25, -0.2) is 0 Å². The normalized spacial score (nSPS) is 20.5. The lowest BCUT2D eigenvalue weighted by Gasteiger charge is -2.35. The standard InChI is InChI=1S/C17H25N3OS.ClH/c1-13(18)14-6-8-19(9-7-14)12-17(21)20-10-11-22-16-5-3-2-4-15(16)20;/h2-5,13-14H,6-12,18H2,1H3;1H. The smallest absolute Gasteiger partial charge is 0.241 e. The molecule has 0 saturated carbocycles. The number of para-hydroxylation sites is 1. The summed E-state index contributed by atoms with van der Waals surface area (Å²) in [4.78, 5) is 18.2. The van der Waals surface area contributed by atoms with Gasteiger partial charge >= 0.3 is 0 Å². The molecular formula is C17H26ClN3OS. The average Bonchev–Trinajstić information content (AvgIpc) is 2.54. The summed E-state index contributed by atoms with van der Waals surface area (Å²) in [6, 6.07) is 8.48. The van der Waals surface area contributed by atoms with E-state index < -0.39 is 0 Å². The molecule has 0 aliphatic carbocycles. The van der Waals surface area contributed by atoms with E-state index in [0.717, 1.165) is 43.9 Å². The summed E-state index contributed by atoms with van der Waals surface area (Å²) in [5.41, 5.74) is 7.07. The summed E-state index contributed by atoms with van der Waals surface area (Å²) < 4.78 is 0. The number of thioether (sulfide) groups is 1. The van der Waals surface area contributed by atoms with Gasteiger partial charge in [0.15, 0.2) is 0 Å². The topological polar surface area (TPSA) is 49.6 Å². The molecule has 23 heavy (non-hydrogen) atoms. The van der Waals surface area contributed by atoms with Crippen LogP contribution in [0.2, 0.25) is 0 Å². The molecule has 0 radical (unpaired) electrons. The van der Waals surface area contributed by atoms with Gasteiger partial charge in [0.25, 0.3) is 0 Å². The molecule has 1 amide bonds. The molecule has 1 atom stereocenters. The van der Waals surface area contributed by atoms with Crippen molar-refractivity contribution in [3.05, 3.63) is 24.3 Å². The zero-order valence-corrected chi connectivity index (χ0v) is 15.2. The Kier molecular flexibility index (Phi) is 6.77. The van der Waals surface area contributed by atoms with Gasteiger partial charge < -0.3 is 10.6 Å². The van der Waals surface area contributed by atoms with E-state index in [4.69, 9.17) is 5.73 Å². The predicted molar refractivity (Wildman–Crippen MR) is 99.6 cm³/mol. The predicted octanol–water partition coefficient (Wildman–Crippen LogP) is 2.61. The average molecular weight is 356 g/mol. The second-order valence-corrected chi connectivity index (χ2v) is 7.47. The van der Waals surface area contributed by atoms with E-state index in [-0.39, 0.29) is 24.4 Å². The fraction of sp³-hybridized carbons (Fsp3) is 0.588. The van der Waals surface area contributed by atoms with Crippen LogP contribution in [-0.2, 0) is 4.79 Å². The van der Waals surface area contributed by atoms with Crippen molar-refractivity contribution in [2.75, 3.05) is 36.8 Å². The lowest BCUT2D eigenvalue weighted by atomic mass is 9.91. The number of likely N-dealkylation sites (tertiary alicyclic amines) is 1. The molecule has 1 saturated heterocycles. The number of carbonyl (C=O) groups is 1. The number of halogens is 1. The number of carbonyl (C=O) groups excluding carboxylic acids is 1. The highest BCUT2D eigenvalue weighted by Gasteiger charge is 2.27. The van der Waals surface area contributed by atoms with Crippen LogP contribution in [0.15, 0.2) is 29.2 Å². The Morgan fingerprint density at radius 3 is 2.70 bits per heavy atom. The van der Waals surface area contributed by atoms with Crippen LogP contribution in [0.5, 0.6) is 0 Å². The van der Waals surface area contributed by atoms with Crippen LogP contribution in [0, 0.1) is 5.92 Å². The van der Waals surface area contributed by atoms with Crippen molar-refractivity contribution in [2.45, 2.75) is 30.7 Å². The minimum Gasteiger partial charge on any atom is -0.328 e. The van der Waals surface area contributed by atoms with E-state index in [2.05, 4.69) is 24.0 Å². The lowest BCUT2D eigenvalue weighted by Crippen LogP contribution is -2.46. The third kappa shape index (κ3) is 4.41. The Morgan fingerprint density at radius 2 is 2.00 bits per heavy atom. The summed E-state index contributed by atoms with van der Waals surface area (Å²) in [6.45, 7) is 5.42. The van der Waals surface area contributed by atoms with Crippen molar-refractivity contribution in [1.29, 1.82) is 0 Å². The molecule has 1 unspecified atom stereocenters. The number of rotatable bonds is 3. The number of hydrogen-bond acceptors (Lipinski definition) is 4. The van der Waals surface area contributed by atoms with Crippen LogP contribution in [0.3, 0.4) is 0 Å². The van der Waals surface area contributed by atoms with Gasteiger partial charge in [0.05, 0.1) is 12.2 Å². The van der Waals surface area contributed by atoms with Crippen LogP contribution in [0.4, 0.5) is 5.69 Å². The Labute approximate surface area is 149 Å². The first-order chi connectivity index (χ1) is 10.6.